The summed E-state index contributed by atoms with van der Waals surface area (Å²) in [6.45, 7) is 3.36. The van der Waals surface area contributed by atoms with Gasteiger partial charge in [0.1, 0.15) is 5.82 Å². The van der Waals surface area contributed by atoms with Gasteiger partial charge in [-0.1, -0.05) is 12.1 Å². The second kappa shape index (κ2) is 7.75. The summed E-state index contributed by atoms with van der Waals surface area (Å²) in [5.74, 6) is -0.00666. The molecule has 7 nitrogen and oxygen atoms in total. The minimum Gasteiger partial charge on any atom is -0.339 e. The number of piperazine rings is 1. The van der Waals surface area contributed by atoms with Gasteiger partial charge in [0, 0.05) is 46.0 Å². The summed E-state index contributed by atoms with van der Waals surface area (Å²) >= 11 is 0. The van der Waals surface area contributed by atoms with E-state index in [1.54, 1.807) is 23.0 Å². The lowest BCUT2D eigenvalue weighted by atomic mass is 9.93. The third kappa shape index (κ3) is 3.63. The highest BCUT2D eigenvalue weighted by molar-refractivity contribution is 5.97. The molecule has 1 aromatic heterocycles. The minimum absolute atomic E-state index is 0.129. The Morgan fingerprint density at radius 1 is 1.10 bits per heavy atom. The molecule has 0 bridgehead atoms. The van der Waals surface area contributed by atoms with Gasteiger partial charge < -0.3 is 9.80 Å². The van der Waals surface area contributed by atoms with Crippen LogP contribution in [0.2, 0.25) is 0 Å². The molecule has 3 fully saturated rings. The van der Waals surface area contributed by atoms with Gasteiger partial charge in [-0.3, -0.25) is 19.2 Å². The molecule has 0 N–H and O–H groups in total. The smallest absolute Gasteiger partial charge is 0.244 e. The van der Waals surface area contributed by atoms with Gasteiger partial charge in [-0.05, 0) is 43.4 Å². The number of anilines is 1. The molecule has 0 radical (unpaired) electrons. The molecule has 1 aromatic carbocycles. The Morgan fingerprint density at radius 2 is 1.81 bits per heavy atom. The molecule has 31 heavy (non-hydrogen) atoms. The number of carbonyl (C=O) groups is 2. The summed E-state index contributed by atoms with van der Waals surface area (Å²) in [7, 11) is 1.85. The lowest BCUT2D eigenvalue weighted by Crippen LogP contribution is -2.59. The third-order valence-electron chi connectivity index (χ3n) is 7.01. The zero-order valence-electron chi connectivity index (χ0n) is 17.8. The van der Waals surface area contributed by atoms with Crippen molar-refractivity contribution in [2.45, 2.75) is 37.1 Å². The maximum Gasteiger partial charge on any atom is 0.244 e. The zero-order valence-corrected chi connectivity index (χ0v) is 17.8. The van der Waals surface area contributed by atoms with Crippen LogP contribution in [-0.4, -0.2) is 70.2 Å². The van der Waals surface area contributed by atoms with Gasteiger partial charge in [-0.2, -0.15) is 5.10 Å². The van der Waals surface area contributed by atoms with E-state index < -0.39 is 5.41 Å². The molecule has 3 aliphatic rings. The second-order valence-corrected chi connectivity index (χ2v) is 8.94. The van der Waals surface area contributed by atoms with E-state index in [4.69, 9.17) is 0 Å². The van der Waals surface area contributed by atoms with Gasteiger partial charge in [-0.25, -0.2) is 4.39 Å². The van der Waals surface area contributed by atoms with Crippen molar-refractivity contribution in [3.63, 3.8) is 0 Å². The standard InChI is InChI=1S/C23H28FN5O2/c1-26-16-19(15-25-26)29-10-2-3-20(21(29)30)27-11-13-28(14-12-27)22(31)23(8-9-23)17-4-6-18(24)7-5-17/h4-7,15-16,20H,2-3,8-14H2,1H3. The van der Waals surface area contributed by atoms with E-state index in [1.807, 2.05) is 23.0 Å². The Labute approximate surface area is 181 Å². The van der Waals surface area contributed by atoms with Crippen LogP contribution in [-0.2, 0) is 22.1 Å². The van der Waals surface area contributed by atoms with Crippen molar-refractivity contribution in [1.82, 2.24) is 19.6 Å². The molecule has 164 valence electrons. The van der Waals surface area contributed by atoms with Crippen molar-refractivity contribution >= 4 is 17.5 Å². The van der Waals surface area contributed by atoms with Crippen LogP contribution in [0.5, 0.6) is 0 Å². The van der Waals surface area contributed by atoms with Crippen molar-refractivity contribution in [2.24, 2.45) is 7.05 Å². The maximum absolute atomic E-state index is 13.3. The first-order valence-corrected chi connectivity index (χ1v) is 11.1. The molecule has 2 amide bonds. The number of halogens is 1. The average Bonchev–Trinajstić information content (AvgIpc) is 3.48. The Balaban J connectivity index is 1.23. The van der Waals surface area contributed by atoms with Crippen LogP contribution in [0.1, 0.15) is 31.2 Å². The summed E-state index contributed by atoms with van der Waals surface area (Å²) < 4.78 is 15.0. The van der Waals surface area contributed by atoms with E-state index in [0.717, 1.165) is 43.5 Å². The van der Waals surface area contributed by atoms with E-state index in [1.165, 1.54) is 12.1 Å². The van der Waals surface area contributed by atoms with Crippen molar-refractivity contribution in [2.75, 3.05) is 37.6 Å². The quantitative estimate of drug-likeness (QED) is 0.751. The number of rotatable bonds is 4. The van der Waals surface area contributed by atoms with E-state index >= 15 is 0 Å². The Morgan fingerprint density at radius 3 is 2.42 bits per heavy atom. The SMILES string of the molecule is Cn1cc(N2CCCC(N3CCN(C(=O)C4(c5ccc(F)cc5)CC4)CC3)C2=O)cn1. The van der Waals surface area contributed by atoms with Crippen LogP contribution in [0.25, 0.3) is 0 Å². The van der Waals surface area contributed by atoms with Crippen LogP contribution in [0.3, 0.4) is 0 Å². The number of piperidine rings is 1. The Bertz CT molecular complexity index is 976. The molecule has 1 unspecified atom stereocenters. The molecule has 0 spiro atoms. The first-order chi connectivity index (χ1) is 15.0. The lowest BCUT2D eigenvalue weighted by molar-refractivity contribution is -0.137. The summed E-state index contributed by atoms with van der Waals surface area (Å²) in [4.78, 5) is 32.4. The number of benzene rings is 1. The predicted molar refractivity (Wildman–Crippen MR) is 114 cm³/mol. The van der Waals surface area contributed by atoms with Gasteiger partial charge in [0.2, 0.25) is 11.8 Å². The summed E-state index contributed by atoms with van der Waals surface area (Å²) in [5.41, 5.74) is 1.28. The first kappa shape index (κ1) is 20.2. The van der Waals surface area contributed by atoms with Crippen molar-refractivity contribution < 1.29 is 14.0 Å². The van der Waals surface area contributed by atoms with Crippen LogP contribution in [0, 0.1) is 5.82 Å². The molecule has 5 rings (SSSR count). The monoisotopic (exact) mass is 425 g/mol. The van der Waals surface area contributed by atoms with Crippen LogP contribution >= 0.6 is 0 Å². The van der Waals surface area contributed by atoms with E-state index in [-0.39, 0.29) is 23.7 Å². The van der Waals surface area contributed by atoms with Crippen molar-refractivity contribution in [1.29, 1.82) is 0 Å². The molecule has 2 saturated heterocycles. The van der Waals surface area contributed by atoms with E-state index in [9.17, 15) is 14.0 Å². The lowest BCUT2D eigenvalue weighted by Gasteiger charge is -2.43. The average molecular weight is 426 g/mol. The summed E-state index contributed by atoms with van der Waals surface area (Å²) in [6.07, 6.45) is 7.06. The summed E-state index contributed by atoms with van der Waals surface area (Å²) in [6, 6.07) is 6.21. The number of aromatic nitrogens is 2. The Kier molecular flexibility index (Phi) is 5.04. The molecule has 8 heteroatoms. The largest absolute Gasteiger partial charge is 0.339 e. The number of nitrogens with zero attached hydrogens (tertiary/aromatic N) is 5. The van der Waals surface area contributed by atoms with Gasteiger partial charge in [0.15, 0.2) is 0 Å². The molecule has 1 atom stereocenters. The first-order valence-electron chi connectivity index (χ1n) is 11.1. The summed E-state index contributed by atoms with van der Waals surface area (Å²) in [5, 5.41) is 4.20. The number of hydrogen-bond acceptors (Lipinski definition) is 4. The molecule has 2 aliphatic heterocycles. The van der Waals surface area contributed by atoms with Gasteiger partial charge in [-0.15, -0.1) is 0 Å². The van der Waals surface area contributed by atoms with Gasteiger partial charge >= 0.3 is 0 Å². The predicted octanol–water partition coefficient (Wildman–Crippen LogP) is 1.93. The fourth-order valence-electron chi connectivity index (χ4n) is 5.06. The molecule has 1 aliphatic carbocycles. The van der Waals surface area contributed by atoms with E-state index in [2.05, 4.69) is 10.00 Å². The number of carbonyl (C=O) groups excluding carboxylic acids is 2. The third-order valence-corrected chi connectivity index (χ3v) is 7.01. The number of hydrogen-bond donors (Lipinski definition) is 0. The highest BCUT2D eigenvalue weighted by Gasteiger charge is 2.53. The molecule has 3 heterocycles. The maximum atomic E-state index is 13.3. The zero-order chi connectivity index (χ0) is 21.6. The normalized spacial score (nSPS) is 23.8. The van der Waals surface area contributed by atoms with Gasteiger partial charge in [0.25, 0.3) is 0 Å². The van der Waals surface area contributed by atoms with Crippen LogP contribution in [0.15, 0.2) is 36.7 Å². The minimum atomic E-state index is -0.479. The van der Waals surface area contributed by atoms with Crippen molar-refractivity contribution in [3.8, 4) is 0 Å². The molecule has 1 saturated carbocycles. The Hall–Kier alpha value is -2.74. The molecule has 2 aromatic rings. The van der Waals surface area contributed by atoms with Crippen LogP contribution < -0.4 is 4.90 Å². The van der Waals surface area contributed by atoms with Crippen LogP contribution in [0.4, 0.5) is 10.1 Å². The van der Waals surface area contributed by atoms with Crippen molar-refractivity contribution in [3.05, 3.63) is 48.0 Å². The topological polar surface area (TPSA) is 61.7 Å². The number of aryl methyl sites for hydroxylation is 1. The van der Waals surface area contributed by atoms with Gasteiger partial charge in [0.05, 0.1) is 23.3 Å². The molecular formula is C23H28FN5O2. The number of amides is 2. The second-order valence-electron chi connectivity index (χ2n) is 8.94. The fraction of sp³-hybridized carbons (Fsp3) is 0.522. The fourth-order valence-corrected chi connectivity index (χ4v) is 5.06. The van der Waals surface area contributed by atoms with E-state index in [0.29, 0.717) is 26.2 Å². The highest BCUT2D eigenvalue weighted by atomic mass is 19.1. The molecular weight excluding hydrogens is 397 g/mol. The highest BCUT2D eigenvalue weighted by Crippen LogP contribution is 2.49.